The summed E-state index contributed by atoms with van der Waals surface area (Å²) >= 11 is 0. The Morgan fingerprint density at radius 1 is 0.300 bits per heavy atom. The molecular formula is H2O8Re2-14. The zero-order chi connectivity index (χ0) is 0. The molecule has 0 unspecified atom stereocenters. The van der Waals surface area contributed by atoms with E-state index < -0.39 is 0 Å². The van der Waals surface area contributed by atoms with E-state index in [2.05, 4.69) is 0 Å². The standard InChI is InChI=1S/H2O.7O.2Re/h1H2;;;;;;;;;/q;7*-2;;. The van der Waals surface area contributed by atoms with Crippen LogP contribution in [-0.4, -0.2) is 5.48 Å². The third-order valence-electron chi connectivity index (χ3n) is 0. The van der Waals surface area contributed by atoms with E-state index in [1.807, 2.05) is 0 Å². The molecule has 10 heavy (non-hydrogen) atoms. The van der Waals surface area contributed by atoms with Gasteiger partial charge in [0.05, 0.1) is 0 Å². The molecule has 0 amide bonds. The normalized spacial score (nSPS) is 0. The maximum Gasteiger partial charge on any atom is 0 e. The Balaban J connectivity index is 0. The molecule has 0 spiro atoms. The summed E-state index contributed by atoms with van der Waals surface area (Å²) in [5.41, 5.74) is 0. The number of hydrogen-bond donors (Lipinski definition) is 0. The fourth-order valence-electron chi connectivity index (χ4n) is 0. The van der Waals surface area contributed by atoms with Crippen molar-refractivity contribution < 1.29 is 84.7 Å². The molecule has 78 valence electrons. The van der Waals surface area contributed by atoms with Gasteiger partial charge in [0, 0.05) is 40.8 Å². The van der Waals surface area contributed by atoms with Crippen LogP contribution in [0.5, 0.6) is 0 Å². The predicted octanol–water partition coefficient (Wildman–Crippen LogP) is -1.66. The van der Waals surface area contributed by atoms with Crippen LogP contribution >= 0.6 is 0 Å². The van der Waals surface area contributed by atoms with Crippen molar-refractivity contribution in [2.75, 3.05) is 0 Å². The largest absolute Gasteiger partial charge is 2.00 e. The topological polar surface area (TPSA) is 231 Å². The summed E-state index contributed by atoms with van der Waals surface area (Å²) in [7, 11) is 0. The molecule has 10 heteroatoms. The van der Waals surface area contributed by atoms with E-state index in [0.717, 1.165) is 0 Å². The third kappa shape index (κ3) is 572. The smallest absolute Gasteiger partial charge is 0 e. The summed E-state index contributed by atoms with van der Waals surface area (Å²) in [4.78, 5) is 0. The van der Waals surface area contributed by atoms with Gasteiger partial charge >= 0.3 is 0 Å². The van der Waals surface area contributed by atoms with Gasteiger partial charge in [-0.2, -0.15) is 0 Å². The van der Waals surface area contributed by atoms with Crippen LogP contribution in [-0.2, 0) is 79.2 Å². The second-order valence-corrected chi connectivity index (χ2v) is 0. The van der Waals surface area contributed by atoms with Crippen LogP contribution in [0.25, 0.3) is 0 Å². The fraction of sp³-hybridized carbons (Fsp3) is 0. The number of hydrogen-bond acceptors (Lipinski definition) is 0. The van der Waals surface area contributed by atoms with Crippen molar-refractivity contribution in [1.82, 2.24) is 0 Å². The first-order valence-corrected chi connectivity index (χ1v) is 0. The minimum absolute atomic E-state index is 0. The Hall–Kier alpha value is 1.00. The minimum atomic E-state index is 0. The van der Waals surface area contributed by atoms with E-state index in [1.165, 1.54) is 0 Å². The zero-order valence-corrected chi connectivity index (χ0v) is 9.55. The van der Waals surface area contributed by atoms with Gasteiger partial charge in [0.1, 0.15) is 0 Å². The SMILES string of the molecule is O.[O-2].[O-2].[O-2].[O-2].[O-2].[O-2].[O-2].[Re].[Re]. The maximum atomic E-state index is 0. The Morgan fingerprint density at radius 2 is 0.300 bits per heavy atom. The van der Waals surface area contributed by atoms with Gasteiger partial charge in [0.2, 0.25) is 0 Å². The van der Waals surface area contributed by atoms with Crippen molar-refractivity contribution in [2.45, 2.75) is 0 Å². The minimum Gasteiger partial charge on any atom is -2.00 e. The van der Waals surface area contributed by atoms with Crippen molar-refractivity contribution in [3.8, 4) is 0 Å². The van der Waals surface area contributed by atoms with Crippen LogP contribution in [0.15, 0.2) is 0 Å². The molecule has 0 saturated carbocycles. The maximum absolute atomic E-state index is 0. The van der Waals surface area contributed by atoms with Gasteiger partial charge in [-0.15, -0.1) is 0 Å². The molecule has 0 aliphatic carbocycles. The summed E-state index contributed by atoms with van der Waals surface area (Å²) in [6.07, 6.45) is 0. The molecule has 0 atom stereocenters. The molecule has 0 rings (SSSR count). The average Bonchev–Trinajstić information content (AvgIpc) is 0. The molecule has 2 radical (unpaired) electrons. The first-order chi connectivity index (χ1) is 0. The Bertz CT molecular complexity index is 7.22. The quantitative estimate of drug-likeness (QED) is 0.362. The van der Waals surface area contributed by atoms with E-state index in [9.17, 15) is 0 Å². The van der Waals surface area contributed by atoms with E-state index in [-0.39, 0.29) is 84.7 Å². The second-order valence-electron chi connectivity index (χ2n) is 0. The van der Waals surface area contributed by atoms with Crippen LogP contribution < -0.4 is 0 Å². The molecular weight excluding hydrogens is 500 g/mol. The van der Waals surface area contributed by atoms with Crippen molar-refractivity contribution >= 4 is 0 Å². The molecule has 0 aromatic heterocycles. The van der Waals surface area contributed by atoms with E-state index >= 15 is 0 Å². The van der Waals surface area contributed by atoms with Crippen LogP contribution in [0.2, 0.25) is 0 Å². The average molecular weight is 502 g/mol. The summed E-state index contributed by atoms with van der Waals surface area (Å²) in [6, 6.07) is 0. The predicted molar refractivity (Wildman–Crippen MR) is 8.42 cm³/mol. The van der Waals surface area contributed by atoms with E-state index in [1.54, 1.807) is 0 Å². The van der Waals surface area contributed by atoms with Crippen molar-refractivity contribution in [3.05, 3.63) is 0 Å². The molecule has 0 fully saturated rings. The van der Waals surface area contributed by atoms with Gasteiger partial charge in [-0.3, -0.25) is 0 Å². The molecule has 0 aliphatic heterocycles. The molecule has 0 heterocycles. The summed E-state index contributed by atoms with van der Waals surface area (Å²) in [5.74, 6) is 0. The van der Waals surface area contributed by atoms with Gasteiger partial charge in [-0.05, 0) is 0 Å². The summed E-state index contributed by atoms with van der Waals surface area (Å²) < 4.78 is 0. The fourth-order valence-corrected chi connectivity index (χ4v) is 0. The molecule has 2 N–H and O–H groups in total. The van der Waals surface area contributed by atoms with Crippen molar-refractivity contribution in [3.63, 3.8) is 0 Å². The van der Waals surface area contributed by atoms with Crippen molar-refractivity contribution in [2.24, 2.45) is 0 Å². The first-order valence-electron chi connectivity index (χ1n) is 0. The Kier molecular flexibility index (Phi) is 87700. The van der Waals surface area contributed by atoms with Crippen LogP contribution in [0, 0.1) is 0 Å². The van der Waals surface area contributed by atoms with Gasteiger partial charge in [-0.25, -0.2) is 0 Å². The van der Waals surface area contributed by atoms with E-state index in [0.29, 0.717) is 0 Å². The molecule has 0 saturated heterocycles. The van der Waals surface area contributed by atoms with Gasteiger partial charge in [0.25, 0.3) is 0 Å². The number of rotatable bonds is 0. The van der Waals surface area contributed by atoms with Gasteiger partial charge in [-0.1, -0.05) is 0 Å². The van der Waals surface area contributed by atoms with Gasteiger partial charge in [0.15, 0.2) is 0 Å². The molecule has 0 aromatic carbocycles. The first kappa shape index (κ1) is 1090. The van der Waals surface area contributed by atoms with Crippen LogP contribution in [0.1, 0.15) is 0 Å². The van der Waals surface area contributed by atoms with Crippen LogP contribution in [0.3, 0.4) is 0 Å². The van der Waals surface area contributed by atoms with Crippen LogP contribution in [0.4, 0.5) is 0 Å². The van der Waals surface area contributed by atoms with E-state index in [4.69, 9.17) is 0 Å². The summed E-state index contributed by atoms with van der Waals surface area (Å²) in [6.45, 7) is 0. The molecule has 0 bridgehead atoms. The zero-order valence-electron chi connectivity index (χ0n) is 4.11. The third-order valence-corrected chi connectivity index (χ3v) is 0. The summed E-state index contributed by atoms with van der Waals surface area (Å²) in [5, 5.41) is 0. The molecule has 8 nitrogen and oxygen atoms in total. The molecule has 0 aliphatic rings. The van der Waals surface area contributed by atoms with Crippen molar-refractivity contribution in [1.29, 1.82) is 0 Å². The van der Waals surface area contributed by atoms with Gasteiger partial charge < -0.3 is 43.8 Å². The Morgan fingerprint density at radius 3 is 0.300 bits per heavy atom. The monoisotopic (exact) mass is 504 g/mol. The molecule has 0 aromatic rings. The Labute approximate surface area is 84.8 Å². The second kappa shape index (κ2) is 804.